The Balaban J connectivity index is 1.31. The van der Waals surface area contributed by atoms with Crippen molar-refractivity contribution in [2.45, 2.75) is 12.3 Å². The third-order valence-electron chi connectivity index (χ3n) is 5.18. The molecule has 0 aliphatic carbocycles. The molecule has 1 saturated heterocycles. The Kier molecular flexibility index (Phi) is 5.30. The molecule has 5 nitrogen and oxygen atoms in total. The minimum atomic E-state index is -0.0548. The van der Waals surface area contributed by atoms with Gasteiger partial charge in [-0.05, 0) is 30.5 Å². The van der Waals surface area contributed by atoms with Crippen LogP contribution in [0.5, 0.6) is 0 Å². The van der Waals surface area contributed by atoms with Gasteiger partial charge in [-0.2, -0.15) is 0 Å². The molecule has 0 spiro atoms. The maximum Gasteiger partial charge on any atom is 0.252 e. The Morgan fingerprint density at radius 1 is 1.15 bits per heavy atom. The molecule has 0 bridgehead atoms. The molecule has 1 aromatic heterocycles. The first kappa shape index (κ1) is 17.5. The number of aromatic nitrogens is 2. The van der Waals surface area contributed by atoms with E-state index in [0.29, 0.717) is 23.9 Å². The first-order valence-corrected chi connectivity index (χ1v) is 9.45. The van der Waals surface area contributed by atoms with Crippen LogP contribution in [0.15, 0.2) is 67.0 Å². The number of imidazole rings is 1. The van der Waals surface area contributed by atoms with Crippen molar-refractivity contribution >= 4 is 5.91 Å². The number of carbonyl (C=O) groups is 1. The molecule has 2 N–H and O–H groups in total. The Morgan fingerprint density at radius 3 is 2.78 bits per heavy atom. The smallest absolute Gasteiger partial charge is 0.252 e. The Hall–Kier alpha value is -2.92. The molecule has 0 radical (unpaired) electrons. The van der Waals surface area contributed by atoms with E-state index in [4.69, 9.17) is 0 Å². The molecule has 2 heterocycles. The van der Waals surface area contributed by atoms with E-state index >= 15 is 0 Å². The molecular formula is C22H24N4O. The van der Waals surface area contributed by atoms with E-state index in [1.165, 1.54) is 12.0 Å². The maximum absolute atomic E-state index is 12.6. The number of nitrogens with one attached hydrogen (secondary N) is 2. The minimum Gasteiger partial charge on any atom is -0.351 e. The highest BCUT2D eigenvalue weighted by Gasteiger charge is 2.23. The first-order valence-electron chi connectivity index (χ1n) is 9.45. The Labute approximate surface area is 159 Å². The number of benzene rings is 2. The fraction of sp³-hybridized carbons (Fsp3) is 0.273. The Bertz CT molecular complexity index is 876. The van der Waals surface area contributed by atoms with E-state index in [1.54, 1.807) is 12.4 Å². The lowest BCUT2D eigenvalue weighted by atomic mass is 9.99. The van der Waals surface area contributed by atoms with Crippen LogP contribution in [-0.4, -0.2) is 47.0 Å². The van der Waals surface area contributed by atoms with Crippen LogP contribution in [0.4, 0.5) is 0 Å². The third kappa shape index (κ3) is 4.09. The molecule has 0 unspecified atom stereocenters. The number of rotatable bonds is 6. The van der Waals surface area contributed by atoms with Gasteiger partial charge in [0.15, 0.2) is 0 Å². The number of nitrogens with zero attached hydrogens (tertiary/aromatic N) is 2. The summed E-state index contributed by atoms with van der Waals surface area (Å²) in [6, 6.07) is 18.3. The molecule has 27 heavy (non-hydrogen) atoms. The largest absolute Gasteiger partial charge is 0.351 e. The number of hydrogen-bond acceptors (Lipinski definition) is 3. The maximum atomic E-state index is 12.6. The van der Waals surface area contributed by atoms with Gasteiger partial charge in [0.25, 0.3) is 5.91 Å². The van der Waals surface area contributed by atoms with Gasteiger partial charge in [0.05, 0.1) is 5.56 Å². The second-order valence-corrected chi connectivity index (χ2v) is 6.94. The molecule has 1 aliphatic heterocycles. The molecular weight excluding hydrogens is 336 g/mol. The second kappa shape index (κ2) is 8.18. The van der Waals surface area contributed by atoms with Gasteiger partial charge in [-0.3, -0.25) is 4.79 Å². The van der Waals surface area contributed by atoms with Gasteiger partial charge < -0.3 is 15.2 Å². The highest BCUT2D eigenvalue weighted by atomic mass is 16.1. The van der Waals surface area contributed by atoms with Crippen LogP contribution in [0.1, 0.15) is 28.3 Å². The number of aromatic amines is 1. The van der Waals surface area contributed by atoms with Crippen molar-refractivity contribution in [1.29, 1.82) is 0 Å². The van der Waals surface area contributed by atoms with E-state index < -0.39 is 0 Å². The number of likely N-dealkylation sites (tertiary alicyclic amines) is 1. The van der Waals surface area contributed by atoms with Crippen LogP contribution < -0.4 is 5.32 Å². The molecule has 138 valence electrons. The topological polar surface area (TPSA) is 61.0 Å². The standard InChI is InChI=1S/C22H24N4O/c27-22(20-9-5-4-8-19(20)21-23-11-12-24-21)25-13-15-26-14-10-18(16-26)17-6-2-1-3-7-17/h1-9,11-12,18H,10,13-16H2,(H,23,24)(H,25,27)/t18-/m1/s1. The summed E-state index contributed by atoms with van der Waals surface area (Å²) in [6.07, 6.45) is 4.64. The molecule has 5 heteroatoms. The minimum absolute atomic E-state index is 0.0548. The van der Waals surface area contributed by atoms with Gasteiger partial charge in [0.1, 0.15) is 5.82 Å². The molecule has 1 atom stereocenters. The average molecular weight is 360 g/mol. The van der Waals surface area contributed by atoms with Crippen LogP contribution in [0, 0.1) is 0 Å². The van der Waals surface area contributed by atoms with E-state index in [1.807, 2.05) is 24.3 Å². The molecule has 1 fully saturated rings. The van der Waals surface area contributed by atoms with E-state index in [0.717, 1.165) is 25.2 Å². The first-order chi connectivity index (χ1) is 13.3. The zero-order valence-electron chi connectivity index (χ0n) is 15.3. The third-order valence-corrected chi connectivity index (χ3v) is 5.18. The second-order valence-electron chi connectivity index (χ2n) is 6.94. The lowest BCUT2D eigenvalue weighted by Gasteiger charge is -2.17. The van der Waals surface area contributed by atoms with E-state index in [2.05, 4.69) is 50.5 Å². The quantitative estimate of drug-likeness (QED) is 0.709. The number of H-pyrrole nitrogens is 1. The molecule has 2 aromatic carbocycles. The highest BCUT2D eigenvalue weighted by Crippen LogP contribution is 2.26. The van der Waals surface area contributed by atoms with Gasteiger partial charge in [-0.25, -0.2) is 4.98 Å². The van der Waals surface area contributed by atoms with Crippen molar-refractivity contribution in [1.82, 2.24) is 20.2 Å². The molecule has 3 aromatic rings. The SMILES string of the molecule is O=C(NCCN1CC[C@@H](c2ccccc2)C1)c1ccccc1-c1ncc[nH]1. The lowest BCUT2D eigenvalue weighted by molar-refractivity contribution is 0.0950. The fourth-order valence-corrected chi connectivity index (χ4v) is 3.76. The van der Waals surface area contributed by atoms with Gasteiger partial charge >= 0.3 is 0 Å². The molecule has 4 rings (SSSR count). The number of hydrogen-bond donors (Lipinski definition) is 2. The summed E-state index contributed by atoms with van der Waals surface area (Å²) < 4.78 is 0. The summed E-state index contributed by atoms with van der Waals surface area (Å²) in [5.41, 5.74) is 2.89. The van der Waals surface area contributed by atoms with Crippen LogP contribution >= 0.6 is 0 Å². The van der Waals surface area contributed by atoms with Crippen molar-refractivity contribution in [3.05, 3.63) is 78.1 Å². The van der Waals surface area contributed by atoms with E-state index in [9.17, 15) is 4.79 Å². The monoisotopic (exact) mass is 360 g/mol. The zero-order chi connectivity index (χ0) is 18.5. The fourth-order valence-electron chi connectivity index (χ4n) is 3.76. The number of amides is 1. The predicted molar refractivity (Wildman–Crippen MR) is 107 cm³/mol. The summed E-state index contributed by atoms with van der Waals surface area (Å²) in [5, 5.41) is 3.06. The zero-order valence-corrected chi connectivity index (χ0v) is 15.3. The van der Waals surface area contributed by atoms with Crippen LogP contribution in [0.2, 0.25) is 0 Å². The summed E-state index contributed by atoms with van der Waals surface area (Å²) in [4.78, 5) is 22.4. The van der Waals surface area contributed by atoms with Crippen molar-refractivity contribution in [3.63, 3.8) is 0 Å². The van der Waals surface area contributed by atoms with Gasteiger partial charge in [-0.15, -0.1) is 0 Å². The van der Waals surface area contributed by atoms with Crippen LogP contribution in [0.25, 0.3) is 11.4 Å². The predicted octanol–water partition coefficient (Wildman–Crippen LogP) is 3.30. The van der Waals surface area contributed by atoms with E-state index in [-0.39, 0.29) is 5.91 Å². The van der Waals surface area contributed by atoms with Crippen molar-refractivity contribution < 1.29 is 4.79 Å². The van der Waals surface area contributed by atoms with Crippen LogP contribution in [-0.2, 0) is 0 Å². The summed E-state index contributed by atoms with van der Waals surface area (Å²) in [6.45, 7) is 3.66. The summed E-state index contributed by atoms with van der Waals surface area (Å²) in [7, 11) is 0. The van der Waals surface area contributed by atoms with Crippen molar-refractivity contribution in [2.24, 2.45) is 0 Å². The number of carbonyl (C=O) groups excluding carboxylic acids is 1. The van der Waals surface area contributed by atoms with Gasteiger partial charge in [0, 0.05) is 37.6 Å². The Morgan fingerprint density at radius 2 is 1.96 bits per heavy atom. The van der Waals surface area contributed by atoms with Crippen LogP contribution in [0.3, 0.4) is 0 Å². The average Bonchev–Trinajstić information content (AvgIpc) is 3.41. The lowest BCUT2D eigenvalue weighted by Crippen LogP contribution is -2.34. The van der Waals surface area contributed by atoms with Gasteiger partial charge in [0.2, 0.25) is 0 Å². The molecule has 1 amide bonds. The van der Waals surface area contributed by atoms with Crippen molar-refractivity contribution in [3.8, 4) is 11.4 Å². The normalized spacial score (nSPS) is 17.1. The molecule has 1 aliphatic rings. The highest BCUT2D eigenvalue weighted by molar-refractivity contribution is 6.00. The summed E-state index contributed by atoms with van der Waals surface area (Å²) >= 11 is 0. The summed E-state index contributed by atoms with van der Waals surface area (Å²) in [5.74, 6) is 1.26. The van der Waals surface area contributed by atoms with Gasteiger partial charge in [-0.1, -0.05) is 48.5 Å². The molecule has 0 saturated carbocycles. The van der Waals surface area contributed by atoms with Crippen molar-refractivity contribution in [2.75, 3.05) is 26.2 Å².